The third kappa shape index (κ3) is 5.55. The maximum Gasteiger partial charge on any atom is 0.321 e. The molecule has 3 N–H and O–H groups in total. The minimum Gasteiger partial charge on any atom is -0.480 e. The molecule has 1 atom stereocenters. The van der Waals surface area contributed by atoms with Crippen molar-refractivity contribution >= 4 is 17.6 Å². The zero-order valence-corrected chi connectivity index (χ0v) is 13.1. The predicted molar refractivity (Wildman–Crippen MR) is 83.4 cm³/mol. The van der Waals surface area contributed by atoms with Crippen LogP contribution in [-0.4, -0.2) is 29.6 Å². The van der Waals surface area contributed by atoms with E-state index in [0.717, 1.165) is 16.8 Å². The normalized spacial score (nSPS) is 12.2. The summed E-state index contributed by atoms with van der Waals surface area (Å²) in [6.45, 7) is 8.36. The Bertz CT molecular complexity index is 492. The molecule has 0 aliphatic heterocycles. The largest absolute Gasteiger partial charge is 0.480 e. The van der Waals surface area contributed by atoms with Crippen molar-refractivity contribution in [3.8, 4) is 0 Å². The van der Waals surface area contributed by atoms with Gasteiger partial charge in [-0.1, -0.05) is 32.0 Å². The molecule has 0 fully saturated rings. The van der Waals surface area contributed by atoms with Crippen LogP contribution in [0.15, 0.2) is 18.2 Å². The molecular weight excluding hydrogens is 268 g/mol. The van der Waals surface area contributed by atoms with Crippen molar-refractivity contribution in [2.24, 2.45) is 5.92 Å². The maximum atomic E-state index is 12.1. The second-order valence-corrected chi connectivity index (χ2v) is 5.71. The monoisotopic (exact) mass is 292 g/mol. The molecule has 0 spiro atoms. The van der Waals surface area contributed by atoms with Crippen molar-refractivity contribution in [2.75, 3.05) is 11.9 Å². The lowest BCUT2D eigenvalue weighted by atomic mass is 10.1. The Hall–Kier alpha value is -1.88. The molecule has 1 amide bonds. The molecule has 0 radical (unpaired) electrons. The summed E-state index contributed by atoms with van der Waals surface area (Å²) >= 11 is 0. The average Bonchev–Trinajstić information content (AvgIpc) is 2.38. The summed E-state index contributed by atoms with van der Waals surface area (Å²) in [5.41, 5.74) is 2.69. The van der Waals surface area contributed by atoms with Crippen LogP contribution >= 0.6 is 0 Å². The fraction of sp³-hybridized carbons (Fsp3) is 0.500. The molecule has 0 aliphatic carbocycles. The van der Waals surface area contributed by atoms with Gasteiger partial charge < -0.3 is 15.7 Å². The number of carbonyl (C=O) groups is 2. The van der Waals surface area contributed by atoms with Crippen LogP contribution < -0.4 is 10.6 Å². The van der Waals surface area contributed by atoms with E-state index in [1.54, 1.807) is 0 Å². The first kappa shape index (κ1) is 17.2. The van der Waals surface area contributed by atoms with E-state index >= 15 is 0 Å². The van der Waals surface area contributed by atoms with Gasteiger partial charge in [0, 0.05) is 5.69 Å². The molecule has 0 heterocycles. The van der Waals surface area contributed by atoms with Gasteiger partial charge in [-0.25, -0.2) is 0 Å². The summed E-state index contributed by atoms with van der Waals surface area (Å²) in [5, 5.41) is 14.9. The second-order valence-electron chi connectivity index (χ2n) is 5.71. The Morgan fingerprint density at radius 3 is 2.24 bits per heavy atom. The molecule has 0 aliphatic rings. The fourth-order valence-electron chi connectivity index (χ4n) is 2.01. The van der Waals surface area contributed by atoms with Crippen LogP contribution in [0, 0.1) is 19.8 Å². The number of benzene rings is 1. The number of aliphatic carboxylic acids is 1. The van der Waals surface area contributed by atoms with E-state index in [1.165, 1.54) is 0 Å². The number of carboxylic acid groups (broad SMARTS) is 1. The summed E-state index contributed by atoms with van der Waals surface area (Å²) in [4.78, 5) is 23.3. The Morgan fingerprint density at radius 1 is 1.19 bits per heavy atom. The molecule has 0 saturated carbocycles. The SMILES string of the molecule is Cc1cccc(C)c1NC(=O)C[C@H](NCC(C)C)C(=O)O. The second kappa shape index (κ2) is 7.78. The number of aryl methyl sites for hydroxylation is 2. The summed E-state index contributed by atoms with van der Waals surface area (Å²) < 4.78 is 0. The predicted octanol–water partition coefficient (Wildman–Crippen LogP) is 2.33. The van der Waals surface area contributed by atoms with Gasteiger partial charge in [-0.2, -0.15) is 0 Å². The zero-order chi connectivity index (χ0) is 16.0. The minimum absolute atomic E-state index is 0.0875. The molecule has 0 unspecified atom stereocenters. The van der Waals surface area contributed by atoms with E-state index < -0.39 is 12.0 Å². The standard InChI is InChI=1S/C16H24N2O3/c1-10(2)9-17-13(16(20)21)8-14(19)18-15-11(3)6-5-7-12(15)4/h5-7,10,13,17H,8-9H2,1-4H3,(H,18,19)(H,20,21)/t13-/m0/s1. The third-order valence-electron chi connectivity index (χ3n) is 3.21. The first-order chi connectivity index (χ1) is 9.81. The summed E-state index contributed by atoms with van der Waals surface area (Å²) in [6, 6.07) is 4.88. The molecule has 0 aromatic heterocycles. The van der Waals surface area contributed by atoms with Gasteiger partial charge in [0.2, 0.25) is 5.91 Å². The molecule has 5 nitrogen and oxygen atoms in total. The third-order valence-corrected chi connectivity index (χ3v) is 3.21. The van der Waals surface area contributed by atoms with Crippen LogP contribution in [0.4, 0.5) is 5.69 Å². The number of anilines is 1. The zero-order valence-electron chi connectivity index (χ0n) is 13.1. The van der Waals surface area contributed by atoms with Gasteiger partial charge in [0.05, 0.1) is 6.42 Å². The molecular formula is C16H24N2O3. The Balaban J connectivity index is 2.68. The molecule has 5 heteroatoms. The summed E-state index contributed by atoms with van der Waals surface area (Å²) in [5.74, 6) is -0.975. The van der Waals surface area contributed by atoms with Gasteiger partial charge in [-0.05, 0) is 37.4 Å². The van der Waals surface area contributed by atoms with E-state index in [4.69, 9.17) is 5.11 Å². The fourth-order valence-corrected chi connectivity index (χ4v) is 2.01. The van der Waals surface area contributed by atoms with Gasteiger partial charge in [0.15, 0.2) is 0 Å². The molecule has 1 rings (SSSR count). The Kier molecular flexibility index (Phi) is 6.37. The van der Waals surface area contributed by atoms with Crippen LogP contribution in [0.3, 0.4) is 0 Å². The first-order valence-corrected chi connectivity index (χ1v) is 7.13. The number of nitrogens with one attached hydrogen (secondary N) is 2. The van der Waals surface area contributed by atoms with Gasteiger partial charge in [-0.3, -0.25) is 9.59 Å². The highest BCUT2D eigenvalue weighted by atomic mass is 16.4. The highest BCUT2D eigenvalue weighted by Gasteiger charge is 2.21. The number of carboxylic acids is 1. The van der Waals surface area contributed by atoms with Crippen LogP contribution in [0.2, 0.25) is 0 Å². The number of carbonyl (C=O) groups excluding carboxylic acids is 1. The number of hydrogen-bond donors (Lipinski definition) is 3. The van der Waals surface area contributed by atoms with Crippen molar-refractivity contribution in [1.82, 2.24) is 5.32 Å². The summed E-state index contributed by atoms with van der Waals surface area (Å²) in [6.07, 6.45) is -0.0875. The Labute approximate surface area is 125 Å². The molecule has 0 bridgehead atoms. The Morgan fingerprint density at radius 2 is 1.76 bits per heavy atom. The van der Waals surface area contributed by atoms with E-state index in [1.807, 2.05) is 45.9 Å². The van der Waals surface area contributed by atoms with Gasteiger partial charge >= 0.3 is 5.97 Å². The molecule has 0 saturated heterocycles. The summed E-state index contributed by atoms with van der Waals surface area (Å²) in [7, 11) is 0. The van der Waals surface area contributed by atoms with Crippen molar-refractivity contribution in [1.29, 1.82) is 0 Å². The van der Waals surface area contributed by atoms with Crippen LogP contribution in [0.1, 0.15) is 31.4 Å². The highest BCUT2D eigenvalue weighted by Crippen LogP contribution is 2.19. The van der Waals surface area contributed by atoms with E-state index in [9.17, 15) is 9.59 Å². The van der Waals surface area contributed by atoms with Crippen molar-refractivity contribution in [3.63, 3.8) is 0 Å². The molecule has 1 aromatic carbocycles. The average molecular weight is 292 g/mol. The number of rotatable bonds is 7. The maximum absolute atomic E-state index is 12.1. The van der Waals surface area contributed by atoms with E-state index in [0.29, 0.717) is 12.5 Å². The lowest BCUT2D eigenvalue weighted by Crippen LogP contribution is -2.41. The lowest BCUT2D eigenvalue weighted by Gasteiger charge is -2.17. The van der Waals surface area contributed by atoms with Crippen LogP contribution in [0.25, 0.3) is 0 Å². The highest BCUT2D eigenvalue weighted by molar-refractivity contribution is 5.95. The topological polar surface area (TPSA) is 78.4 Å². The smallest absolute Gasteiger partial charge is 0.321 e. The quantitative estimate of drug-likeness (QED) is 0.720. The van der Waals surface area contributed by atoms with Crippen molar-refractivity contribution < 1.29 is 14.7 Å². The minimum atomic E-state index is -1.01. The van der Waals surface area contributed by atoms with Gasteiger partial charge in [0.1, 0.15) is 6.04 Å². The van der Waals surface area contributed by atoms with Crippen LogP contribution in [-0.2, 0) is 9.59 Å². The van der Waals surface area contributed by atoms with Crippen LogP contribution in [0.5, 0.6) is 0 Å². The first-order valence-electron chi connectivity index (χ1n) is 7.13. The number of hydrogen-bond acceptors (Lipinski definition) is 3. The number of amides is 1. The van der Waals surface area contributed by atoms with Gasteiger partial charge in [0.25, 0.3) is 0 Å². The van der Waals surface area contributed by atoms with Crippen molar-refractivity contribution in [2.45, 2.75) is 40.2 Å². The molecule has 21 heavy (non-hydrogen) atoms. The van der Waals surface area contributed by atoms with Crippen molar-refractivity contribution in [3.05, 3.63) is 29.3 Å². The molecule has 1 aromatic rings. The molecule has 116 valence electrons. The lowest BCUT2D eigenvalue weighted by molar-refractivity contribution is -0.141. The van der Waals surface area contributed by atoms with E-state index in [2.05, 4.69) is 10.6 Å². The van der Waals surface area contributed by atoms with Gasteiger partial charge in [-0.15, -0.1) is 0 Å². The number of para-hydroxylation sites is 1. The van der Waals surface area contributed by atoms with E-state index in [-0.39, 0.29) is 12.3 Å².